The summed E-state index contributed by atoms with van der Waals surface area (Å²) in [5, 5.41) is 12.9. The molecule has 1 fully saturated rings. The van der Waals surface area contributed by atoms with Crippen LogP contribution in [-0.4, -0.2) is 41.2 Å². The molecule has 0 amide bonds. The molecule has 1 saturated heterocycles. The predicted octanol–water partition coefficient (Wildman–Crippen LogP) is 3.82. The fourth-order valence-corrected chi connectivity index (χ4v) is 5.30. The van der Waals surface area contributed by atoms with Crippen LogP contribution in [0.1, 0.15) is 35.3 Å². The molecule has 6 nitrogen and oxygen atoms in total. The third kappa shape index (κ3) is 4.95. The molecule has 1 N–H and O–H groups in total. The van der Waals surface area contributed by atoms with Crippen LogP contribution in [0.3, 0.4) is 0 Å². The quantitative estimate of drug-likeness (QED) is 0.523. The smallest absolute Gasteiger partial charge is 0.273 e. The summed E-state index contributed by atoms with van der Waals surface area (Å²) in [6, 6.07) is 11.8. The van der Waals surface area contributed by atoms with Gasteiger partial charge in [0.25, 0.3) is 5.56 Å². The molecule has 0 unspecified atom stereocenters. The normalized spacial score (nSPS) is 14.1. The van der Waals surface area contributed by atoms with Crippen molar-refractivity contribution in [3.05, 3.63) is 56.7 Å². The molecule has 162 valence electrons. The Bertz CT molecular complexity index is 1140. The number of piperidine rings is 1. The third-order valence-corrected chi connectivity index (χ3v) is 7.28. The maximum Gasteiger partial charge on any atom is 0.273 e. The zero-order valence-corrected chi connectivity index (χ0v) is 19.4. The summed E-state index contributed by atoms with van der Waals surface area (Å²) in [7, 11) is 0. The molecule has 0 radical (unpaired) electrons. The maximum absolute atomic E-state index is 13.6. The van der Waals surface area contributed by atoms with E-state index in [1.165, 1.54) is 17.8 Å². The fraction of sp³-hybridized carbons (Fsp3) is 0.435. The maximum atomic E-state index is 13.6. The second kappa shape index (κ2) is 10.3. The van der Waals surface area contributed by atoms with E-state index in [0.717, 1.165) is 66.7 Å². The molecule has 1 aliphatic heterocycles. The van der Waals surface area contributed by atoms with Gasteiger partial charge in [0.2, 0.25) is 5.95 Å². The summed E-state index contributed by atoms with van der Waals surface area (Å²) in [5.41, 5.74) is 2.21. The summed E-state index contributed by atoms with van der Waals surface area (Å²) in [5.74, 6) is 1.79. The van der Waals surface area contributed by atoms with E-state index in [4.69, 9.17) is 4.98 Å². The molecule has 8 heteroatoms. The molecule has 0 saturated carbocycles. The number of anilines is 1. The van der Waals surface area contributed by atoms with Gasteiger partial charge in [-0.15, -0.1) is 11.3 Å². The number of nitriles is 1. The third-order valence-electron chi connectivity index (χ3n) is 5.55. The van der Waals surface area contributed by atoms with Crippen LogP contribution in [0.4, 0.5) is 5.95 Å². The van der Waals surface area contributed by atoms with Gasteiger partial charge in [-0.25, -0.2) is 4.98 Å². The van der Waals surface area contributed by atoms with E-state index in [2.05, 4.69) is 28.6 Å². The lowest BCUT2D eigenvalue weighted by Gasteiger charge is -2.29. The first-order valence-electron chi connectivity index (χ1n) is 10.7. The van der Waals surface area contributed by atoms with E-state index in [-0.39, 0.29) is 5.56 Å². The van der Waals surface area contributed by atoms with Gasteiger partial charge in [-0.2, -0.15) is 17.0 Å². The molecule has 0 aliphatic carbocycles. The average Bonchev–Trinajstić information content (AvgIpc) is 3.22. The second-order valence-electron chi connectivity index (χ2n) is 7.72. The lowest BCUT2D eigenvalue weighted by Crippen LogP contribution is -2.36. The van der Waals surface area contributed by atoms with E-state index in [9.17, 15) is 10.1 Å². The number of hydrogen-bond donors (Lipinski definition) is 1. The van der Waals surface area contributed by atoms with Gasteiger partial charge in [-0.1, -0.05) is 18.2 Å². The summed E-state index contributed by atoms with van der Waals surface area (Å²) >= 11 is 3.34. The Morgan fingerprint density at radius 3 is 2.84 bits per heavy atom. The lowest BCUT2D eigenvalue weighted by molar-refractivity contribution is 0.553. The Morgan fingerprint density at radius 1 is 1.26 bits per heavy atom. The second-order valence-corrected chi connectivity index (χ2v) is 9.84. The highest BCUT2D eigenvalue weighted by atomic mass is 32.2. The Morgan fingerprint density at radius 2 is 2.06 bits per heavy atom. The highest BCUT2D eigenvalue weighted by Gasteiger charge is 2.21. The number of thiophene rings is 1. The zero-order valence-electron chi connectivity index (χ0n) is 17.8. The molecule has 1 aromatic carbocycles. The Kier molecular flexibility index (Phi) is 7.28. The summed E-state index contributed by atoms with van der Waals surface area (Å²) in [6.07, 6.45) is 5.53. The lowest BCUT2D eigenvalue weighted by atomic mass is 10.1. The number of aromatic nitrogens is 2. The van der Waals surface area contributed by atoms with Crippen molar-refractivity contribution in [3.63, 3.8) is 0 Å². The van der Waals surface area contributed by atoms with E-state index in [1.807, 2.05) is 30.0 Å². The van der Waals surface area contributed by atoms with Crippen molar-refractivity contribution < 1.29 is 0 Å². The van der Waals surface area contributed by atoms with E-state index in [0.29, 0.717) is 16.8 Å². The molecule has 3 heterocycles. The number of benzene rings is 1. The summed E-state index contributed by atoms with van der Waals surface area (Å²) < 4.78 is 2.46. The standard InChI is InChI=1S/C23H27N5OS2/c1-30-12-9-25-15-19-13-20-21(31-19)22(29)28(16-18-8-4-3-7-17(18)14-24)23(26-20)27-10-5-2-6-11-27/h3-4,7-8,13,25H,2,5-6,9-12,15-16H2,1H3. The van der Waals surface area contributed by atoms with Crippen molar-refractivity contribution >= 4 is 39.3 Å². The van der Waals surface area contributed by atoms with Crippen LogP contribution >= 0.6 is 23.1 Å². The molecule has 0 atom stereocenters. The molecular weight excluding hydrogens is 426 g/mol. The monoisotopic (exact) mass is 453 g/mol. The van der Waals surface area contributed by atoms with Crippen LogP contribution < -0.4 is 15.8 Å². The highest BCUT2D eigenvalue weighted by Crippen LogP contribution is 2.26. The van der Waals surface area contributed by atoms with Crippen molar-refractivity contribution in [1.29, 1.82) is 5.26 Å². The van der Waals surface area contributed by atoms with Gasteiger partial charge in [-0.05, 0) is 43.2 Å². The molecule has 4 rings (SSSR count). The Labute approximate surface area is 190 Å². The first-order valence-corrected chi connectivity index (χ1v) is 12.9. The van der Waals surface area contributed by atoms with Gasteiger partial charge in [0.05, 0.1) is 23.7 Å². The molecule has 3 aromatic rings. The SMILES string of the molecule is CSCCNCc1cc2nc(N3CCCCC3)n(Cc3ccccc3C#N)c(=O)c2s1. The van der Waals surface area contributed by atoms with Gasteiger partial charge in [0.15, 0.2) is 0 Å². The zero-order chi connectivity index (χ0) is 21.6. The minimum absolute atomic E-state index is 0.0151. The molecule has 0 spiro atoms. The summed E-state index contributed by atoms with van der Waals surface area (Å²) in [4.78, 5) is 21.9. The van der Waals surface area contributed by atoms with E-state index < -0.39 is 0 Å². The molecular formula is C23H27N5OS2. The van der Waals surface area contributed by atoms with E-state index >= 15 is 0 Å². The van der Waals surface area contributed by atoms with Crippen LogP contribution in [0.5, 0.6) is 0 Å². The first-order chi connectivity index (χ1) is 15.2. The molecule has 31 heavy (non-hydrogen) atoms. The molecule has 1 aliphatic rings. The summed E-state index contributed by atoms with van der Waals surface area (Å²) in [6.45, 7) is 3.86. The van der Waals surface area contributed by atoms with Crippen molar-refractivity contribution in [1.82, 2.24) is 14.9 Å². The van der Waals surface area contributed by atoms with Crippen molar-refractivity contribution in [2.45, 2.75) is 32.4 Å². The predicted molar refractivity (Wildman–Crippen MR) is 130 cm³/mol. The number of nitrogens with zero attached hydrogens (tertiary/aromatic N) is 4. The van der Waals surface area contributed by atoms with Crippen LogP contribution in [0.15, 0.2) is 35.1 Å². The van der Waals surface area contributed by atoms with Gasteiger partial charge in [0, 0.05) is 36.8 Å². The van der Waals surface area contributed by atoms with E-state index in [1.54, 1.807) is 10.6 Å². The molecule has 0 bridgehead atoms. The van der Waals surface area contributed by atoms with Gasteiger partial charge >= 0.3 is 0 Å². The minimum atomic E-state index is -0.0151. The number of hydrogen-bond acceptors (Lipinski definition) is 7. The van der Waals surface area contributed by atoms with Crippen molar-refractivity contribution in [2.75, 3.05) is 36.5 Å². The minimum Gasteiger partial charge on any atom is -0.342 e. The largest absolute Gasteiger partial charge is 0.342 e. The Hall–Kier alpha value is -2.34. The fourth-order valence-electron chi connectivity index (χ4n) is 3.94. The van der Waals surface area contributed by atoms with Crippen molar-refractivity contribution in [2.24, 2.45) is 0 Å². The molecule has 2 aromatic heterocycles. The average molecular weight is 454 g/mol. The number of fused-ring (bicyclic) bond motifs is 1. The number of nitrogens with one attached hydrogen (secondary N) is 1. The van der Waals surface area contributed by atoms with Crippen LogP contribution in [0.2, 0.25) is 0 Å². The van der Waals surface area contributed by atoms with Crippen molar-refractivity contribution in [3.8, 4) is 6.07 Å². The van der Waals surface area contributed by atoms with Gasteiger partial charge in [-0.3, -0.25) is 9.36 Å². The highest BCUT2D eigenvalue weighted by molar-refractivity contribution is 7.98. The van der Waals surface area contributed by atoms with Gasteiger partial charge in [0.1, 0.15) is 4.70 Å². The van der Waals surface area contributed by atoms with Gasteiger partial charge < -0.3 is 10.2 Å². The number of rotatable bonds is 8. The number of thioether (sulfide) groups is 1. The first kappa shape index (κ1) is 21.9. The Balaban J connectivity index is 1.75. The van der Waals surface area contributed by atoms with Crippen LogP contribution in [-0.2, 0) is 13.1 Å². The topological polar surface area (TPSA) is 74.0 Å². The van der Waals surface area contributed by atoms with Crippen LogP contribution in [0, 0.1) is 11.3 Å². The van der Waals surface area contributed by atoms with Crippen LogP contribution in [0.25, 0.3) is 10.2 Å².